The summed E-state index contributed by atoms with van der Waals surface area (Å²) < 4.78 is 0. The van der Waals surface area contributed by atoms with Gasteiger partial charge in [0.2, 0.25) is 0 Å². The van der Waals surface area contributed by atoms with Crippen LogP contribution in [0.1, 0.15) is 16.7 Å². The molecule has 0 bridgehead atoms. The third-order valence-corrected chi connectivity index (χ3v) is 4.77. The van der Waals surface area contributed by atoms with Gasteiger partial charge < -0.3 is 0 Å². The van der Waals surface area contributed by atoms with Crippen LogP contribution in [0.2, 0.25) is 0 Å². The number of aromatic nitrogens is 1. The van der Waals surface area contributed by atoms with E-state index in [1.165, 1.54) is 38.8 Å². The SMILES string of the molecule is Cc1ccc(-c2nc3ccc(C)cc3c(-c3ccccc3)c2C)cc1. The second kappa shape index (κ2) is 6.18. The first-order chi connectivity index (χ1) is 12.1. The number of hydrogen-bond donors (Lipinski definition) is 0. The van der Waals surface area contributed by atoms with Crippen molar-refractivity contribution >= 4 is 10.9 Å². The zero-order valence-corrected chi connectivity index (χ0v) is 14.9. The first-order valence-corrected chi connectivity index (χ1v) is 8.67. The lowest BCUT2D eigenvalue weighted by atomic mass is 9.92. The van der Waals surface area contributed by atoms with Gasteiger partial charge in [-0.25, -0.2) is 4.98 Å². The molecule has 25 heavy (non-hydrogen) atoms. The molecule has 0 unspecified atom stereocenters. The fourth-order valence-electron chi connectivity index (χ4n) is 3.44. The second-order valence-corrected chi connectivity index (χ2v) is 6.71. The second-order valence-electron chi connectivity index (χ2n) is 6.71. The van der Waals surface area contributed by atoms with Gasteiger partial charge in [-0.1, -0.05) is 71.8 Å². The molecule has 4 aromatic rings. The standard InChI is InChI=1S/C24H21N/c1-16-9-12-20(13-10-16)24-18(3)23(19-7-5-4-6-8-19)21-15-17(2)11-14-22(21)25-24/h4-15H,1-3H3. The number of nitrogens with zero attached hydrogens (tertiary/aromatic N) is 1. The first-order valence-electron chi connectivity index (χ1n) is 8.67. The van der Waals surface area contributed by atoms with Crippen molar-refractivity contribution in [3.63, 3.8) is 0 Å². The maximum absolute atomic E-state index is 5.00. The van der Waals surface area contributed by atoms with Crippen molar-refractivity contribution in [1.82, 2.24) is 4.98 Å². The molecule has 0 spiro atoms. The Morgan fingerprint density at radius 3 is 2.04 bits per heavy atom. The van der Waals surface area contributed by atoms with Crippen molar-refractivity contribution in [3.8, 4) is 22.4 Å². The minimum atomic E-state index is 1.05. The molecule has 0 atom stereocenters. The van der Waals surface area contributed by atoms with Gasteiger partial charge in [-0.2, -0.15) is 0 Å². The molecule has 0 saturated carbocycles. The molecule has 1 aromatic heterocycles. The Bertz CT molecular complexity index is 1040. The summed E-state index contributed by atoms with van der Waals surface area (Å²) in [5, 5.41) is 1.22. The summed E-state index contributed by atoms with van der Waals surface area (Å²) in [6, 6.07) is 25.8. The minimum absolute atomic E-state index is 1.05. The van der Waals surface area contributed by atoms with Crippen LogP contribution in [-0.4, -0.2) is 4.98 Å². The van der Waals surface area contributed by atoms with Crippen LogP contribution in [0.4, 0.5) is 0 Å². The fourth-order valence-corrected chi connectivity index (χ4v) is 3.44. The normalized spacial score (nSPS) is 11.0. The first kappa shape index (κ1) is 15.6. The zero-order chi connectivity index (χ0) is 17.4. The van der Waals surface area contributed by atoms with Crippen LogP contribution < -0.4 is 0 Å². The van der Waals surface area contributed by atoms with E-state index in [-0.39, 0.29) is 0 Å². The predicted octanol–water partition coefficient (Wildman–Crippen LogP) is 6.49. The summed E-state index contributed by atoms with van der Waals surface area (Å²) in [5.41, 5.74) is 9.56. The molecule has 0 saturated heterocycles. The molecule has 1 heteroatoms. The van der Waals surface area contributed by atoms with Crippen LogP contribution >= 0.6 is 0 Å². The third kappa shape index (κ3) is 2.83. The van der Waals surface area contributed by atoms with Gasteiger partial charge in [0.25, 0.3) is 0 Å². The highest BCUT2D eigenvalue weighted by atomic mass is 14.7. The van der Waals surface area contributed by atoms with Crippen molar-refractivity contribution in [2.75, 3.05) is 0 Å². The summed E-state index contributed by atoms with van der Waals surface area (Å²) in [5.74, 6) is 0. The Labute approximate surface area is 149 Å². The molecular formula is C24H21N. The number of aryl methyl sites for hydroxylation is 2. The number of hydrogen-bond acceptors (Lipinski definition) is 1. The monoisotopic (exact) mass is 323 g/mol. The average Bonchev–Trinajstić information content (AvgIpc) is 2.63. The Morgan fingerprint density at radius 1 is 0.640 bits per heavy atom. The fraction of sp³-hybridized carbons (Fsp3) is 0.125. The van der Waals surface area contributed by atoms with E-state index in [0.29, 0.717) is 0 Å². The van der Waals surface area contributed by atoms with E-state index >= 15 is 0 Å². The Hall–Kier alpha value is -2.93. The van der Waals surface area contributed by atoms with E-state index < -0.39 is 0 Å². The predicted molar refractivity (Wildman–Crippen MR) is 107 cm³/mol. The molecule has 3 aromatic carbocycles. The zero-order valence-electron chi connectivity index (χ0n) is 14.9. The molecule has 0 fully saturated rings. The van der Waals surface area contributed by atoms with Gasteiger partial charge in [-0.3, -0.25) is 0 Å². The van der Waals surface area contributed by atoms with Gasteiger partial charge in [-0.15, -0.1) is 0 Å². The maximum atomic E-state index is 5.00. The van der Waals surface area contributed by atoms with Gasteiger partial charge >= 0.3 is 0 Å². The summed E-state index contributed by atoms with van der Waals surface area (Å²) in [6.45, 7) is 6.44. The molecule has 4 rings (SSSR count). The molecule has 122 valence electrons. The lowest BCUT2D eigenvalue weighted by Gasteiger charge is -2.16. The topological polar surface area (TPSA) is 12.9 Å². The van der Waals surface area contributed by atoms with Gasteiger partial charge in [0.15, 0.2) is 0 Å². The molecule has 0 aliphatic heterocycles. The lowest BCUT2D eigenvalue weighted by molar-refractivity contribution is 1.32. The van der Waals surface area contributed by atoms with Gasteiger partial charge in [-0.05, 0) is 49.6 Å². The van der Waals surface area contributed by atoms with E-state index in [1.54, 1.807) is 0 Å². The smallest absolute Gasteiger partial charge is 0.0745 e. The molecule has 0 amide bonds. The Morgan fingerprint density at radius 2 is 1.32 bits per heavy atom. The molecule has 0 N–H and O–H groups in total. The average molecular weight is 323 g/mol. The van der Waals surface area contributed by atoms with Crippen molar-refractivity contribution < 1.29 is 0 Å². The van der Waals surface area contributed by atoms with E-state index in [9.17, 15) is 0 Å². The number of benzene rings is 3. The van der Waals surface area contributed by atoms with E-state index in [1.807, 2.05) is 0 Å². The van der Waals surface area contributed by atoms with Gasteiger partial charge in [0, 0.05) is 10.9 Å². The largest absolute Gasteiger partial charge is 0.247 e. The van der Waals surface area contributed by atoms with E-state index in [4.69, 9.17) is 4.98 Å². The maximum Gasteiger partial charge on any atom is 0.0745 e. The number of rotatable bonds is 2. The van der Waals surface area contributed by atoms with Gasteiger partial charge in [0.05, 0.1) is 11.2 Å². The van der Waals surface area contributed by atoms with E-state index in [0.717, 1.165) is 11.2 Å². The highest BCUT2D eigenvalue weighted by Gasteiger charge is 2.14. The van der Waals surface area contributed by atoms with Crippen molar-refractivity contribution in [2.24, 2.45) is 0 Å². The molecule has 1 heterocycles. The molecule has 0 radical (unpaired) electrons. The van der Waals surface area contributed by atoms with Crippen LogP contribution in [0, 0.1) is 20.8 Å². The van der Waals surface area contributed by atoms with Gasteiger partial charge in [0.1, 0.15) is 0 Å². The third-order valence-electron chi connectivity index (χ3n) is 4.77. The lowest BCUT2D eigenvalue weighted by Crippen LogP contribution is -1.96. The minimum Gasteiger partial charge on any atom is -0.247 e. The van der Waals surface area contributed by atoms with Crippen molar-refractivity contribution in [1.29, 1.82) is 0 Å². The summed E-state index contributed by atoms with van der Waals surface area (Å²) in [6.07, 6.45) is 0. The summed E-state index contributed by atoms with van der Waals surface area (Å²) >= 11 is 0. The van der Waals surface area contributed by atoms with Crippen LogP contribution in [0.5, 0.6) is 0 Å². The Kier molecular flexibility index (Phi) is 3.85. The van der Waals surface area contributed by atoms with Crippen LogP contribution in [-0.2, 0) is 0 Å². The quantitative estimate of drug-likeness (QED) is 0.410. The number of fused-ring (bicyclic) bond motifs is 1. The highest BCUT2D eigenvalue weighted by Crippen LogP contribution is 2.36. The van der Waals surface area contributed by atoms with Crippen LogP contribution in [0.3, 0.4) is 0 Å². The van der Waals surface area contributed by atoms with E-state index in [2.05, 4.69) is 93.6 Å². The van der Waals surface area contributed by atoms with Crippen LogP contribution in [0.25, 0.3) is 33.3 Å². The summed E-state index contributed by atoms with van der Waals surface area (Å²) in [4.78, 5) is 5.00. The van der Waals surface area contributed by atoms with Crippen LogP contribution in [0.15, 0.2) is 72.8 Å². The summed E-state index contributed by atoms with van der Waals surface area (Å²) in [7, 11) is 0. The molecular weight excluding hydrogens is 302 g/mol. The van der Waals surface area contributed by atoms with Crippen molar-refractivity contribution in [3.05, 3.63) is 89.5 Å². The molecule has 0 aliphatic carbocycles. The molecule has 0 aliphatic rings. The highest BCUT2D eigenvalue weighted by molar-refractivity contribution is 5.99. The Balaban J connectivity index is 2.08. The van der Waals surface area contributed by atoms with Crippen molar-refractivity contribution in [2.45, 2.75) is 20.8 Å². The number of pyridine rings is 1. The molecule has 1 nitrogen and oxygen atoms in total.